The fraction of sp³-hybridized carbons (Fsp3) is 0.692. The van der Waals surface area contributed by atoms with Crippen LogP contribution in [0, 0.1) is 0 Å². The Kier molecular flexibility index (Phi) is 5.32. The molecule has 1 fully saturated rings. The van der Waals surface area contributed by atoms with E-state index in [0.29, 0.717) is 0 Å². The Bertz CT molecular complexity index is 265. The molecule has 0 atom stereocenters. The van der Waals surface area contributed by atoms with E-state index >= 15 is 0 Å². The molecule has 0 spiro atoms. The van der Waals surface area contributed by atoms with E-state index in [-0.39, 0.29) is 0 Å². The van der Waals surface area contributed by atoms with Gasteiger partial charge in [-0.1, -0.05) is 0 Å². The fourth-order valence-electron chi connectivity index (χ4n) is 2.23. The maximum atomic E-state index is 3.53. The van der Waals surface area contributed by atoms with E-state index in [4.69, 9.17) is 0 Å². The summed E-state index contributed by atoms with van der Waals surface area (Å²) < 4.78 is 0. The van der Waals surface area contributed by atoms with E-state index in [2.05, 4.69) is 27.0 Å². The van der Waals surface area contributed by atoms with Gasteiger partial charge in [0.2, 0.25) is 0 Å². The van der Waals surface area contributed by atoms with Crippen LogP contribution in [0.2, 0.25) is 0 Å². The van der Waals surface area contributed by atoms with Crippen LogP contribution in [-0.4, -0.2) is 37.6 Å². The van der Waals surface area contributed by atoms with Crippen LogP contribution in [0.4, 0.5) is 0 Å². The quantitative estimate of drug-likeness (QED) is 0.734. The van der Waals surface area contributed by atoms with E-state index < -0.39 is 0 Å². The van der Waals surface area contributed by atoms with Crippen LogP contribution in [-0.2, 0) is 6.42 Å². The molecule has 2 heterocycles. The van der Waals surface area contributed by atoms with Crippen LogP contribution in [0.5, 0.6) is 0 Å². The maximum Gasteiger partial charge on any atom is -0.000664 e. The van der Waals surface area contributed by atoms with Crippen LogP contribution in [0.1, 0.15) is 24.8 Å². The van der Waals surface area contributed by atoms with Gasteiger partial charge in [-0.05, 0) is 80.8 Å². The summed E-state index contributed by atoms with van der Waals surface area (Å²) in [6.45, 7) is 6.23. The van der Waals surface area contributed by atoms with Gasteiger partial charge >= 0.3 is 0 Å². The van der Waals surface area contributed by atoms with Crippen LogP contribution in [0.3, 0.4) is 0 Å². The van der Waals surface area contributed by atoms with Crippen molar-refractivity contribution in [1.29, 1.82) is 0 Å². The summed E-state index contributed by atoms with van der Waals surface area (Å²) in [5, 5.41) is 7.92. The number of nitrogens with zero attached hydrogens (tertiary/aromatic N) is 1. The molecule has 0 aliphatic carbocycles. The molecule has 1 aromatic heterocycles. The predicted octanol–water partition coefficient (Wildman–Crippen LogP) is 2.37. The zero-order valence-corrected chi connectivity index (χ0v) is 10.8. The van der Waals surface area contributed by atoms with Crippen molar-refractivity contribution in [3.8, 4) is 0 Å². The van der Waals surface area contributed by atoms with Crippen molar-refractivity contribution in [2.24, 2.45) is 0 Å². The second-order valence-electron chi connectivity index (χ2n) is 4.53. The molecular weight excluding hydrogens is 216 g/mol. The Morgan fingerprint density at radius 2 is 2.12 bits per heavy atom. The van der Waals surface area contributed by atoms with Crippen molar-refractivity contribution in [3.05, 3.63) is 22.4 Å². The molecule has 16 heavy (non-hydrogen) atoms. The lowest BCUT2D eigenvalue weighted by Gasteiger charge is -2.14. The van der Waals surface area contributed by atoms with Crippen LogP contribution < -0.4 is 5.32 Å². The lowest BCUT2D eigenvalue weighted by molar-refractivity contribution is 0.331. The van der Waals surface area contributed by atoms with E-state index in [1.165, 1.54) is 57.4 Å². The molecule has 0 aromatic carbocycles. The molecular formula is C13H22N2S. The summed E-state index contributed by atoms with van der Waals surface area (Å²) in [7, 11) is 0. The van der Waals surface area contributed by atoms with Gasteiger partial charge in [0.1, 0.15) is 0 Å². The summed E-state index contributed by atoms with van der Waals surface area (Å²) in [6, 6.07) is 2.22. The minimum atomic E-state index is 1.12. The molecule has 0 unspecified atom stereocenters. The highest BCUT2D eigenvalue weighted by atomic mass is 32.1. The van der Waals surface area contributed by atoms with Gasteiger partial charge in [-0.2, -0.15) is 11.3 Å². The highest BCUT2D eigenvalue weighted by Crippen LogP contribution is 2.07. The van der Waals surface area contributed by atoms with Gasteiger partial charge in [-0.15, -0.1) is 0 Å². The summed E-state index contributed by atoms with van der Waals surface area (Å²) in [5.74, 6) is 0. The Labute approximate surface area is 103 Å². The third-order valence-corrected chi connectivity index (χ3v) is 3.93. The molecule has 0 radical (unpaired) electrons. The molecule has 1 aliphatic rings. The molecule has 3 heteroatoms. The van der Waals surface area contributed by atoms with Crippen molar-refractivity contribution in [2.45, 2.75) is 25.7 Å². The smallest absolute Gasteiger partial charge is 0.000664 e. The van der Waals surface area contributed by atoms with Crippen LogP contribution >= 0.6 is 11.3 Å². The van der Waals surface area contributed by atoms with Gasteiger partial charge in [-0.25, -0.2) is 0 Å². The highest BCUT2D eigenvalue weighted by Gasteiger charge is 2.09. The largest absolute Gasteiger partial charge is 0.316 e. The van der Waals surface area contributed by atoms with Crippen LogP contribution in [0.25, 0.3) is 0 Å². The van der Waals surface area contributed by atoms with Crippen molar-refractivity contribution in [3.63, 3.8) is 0 Å². The van der Waals surface area contributed by atoms with Crippen molar-refractivity contribution in [1.82, 2.24) is 10.2 Å². The summed E-state index contributed by atoms with van der Waals surface area (Å²) in [6.07, 6.45) is 5.29. The molecule has 2 rings (SSSR count). The minimum absolute atomic E-state index is 1.12. The molecule has 2 nitrogen and oxygen atoms in total. The predicted molar refractivity (Wildman–Crippen MR) is 71.2 cm³/mol. The molecule has 90 valence electrons. The summed E-state index contributed by atoms with van der Waals surface area (Å²) >= 11 is 1.79. The first-order chi connectivity index (χ1) is 7.95. The van der Waals surface area contributed by atoms with E-state index in [1.807, 2.05) is 0 Å². The number of thiophene rings is 1. The molecule has 1 aromatic rings. The Morgan fingerprint density at radius 3 is 2.88 bits per heavy atom. The highest BCUT2D eigenvalue weighted by molar-refractivity contribution is 7.07. The number of hydrogen-bond donors (Lipinski definition) is 1. The van der Waals surface area contributed by atoms with Crippen molar-refractivity contribution < 1.29 is 0 Å². The van der Waals surface area contributed by atoms with Gasteiger partial charge in [-0.3, -0.25) is 0 Å². The summed E-state index contributed by atoms with van der Waals surface area (Å²) in [5.41, 5.74) is 1.47. The monoisotopic (exact) mass is 238 g/mol. The molecule has 1 aliphatic heterocycles. The first kappa shape index (κ1) is 12.1. The molecule has 1 saturated heterocycles. The third kappa shape index (κ3) is 4.24. The van der Waals surface area contributed by atoms with E-state index in [1.54, 1.807) is 11.3 Å². The summed E-state index contributed by atoms with van der Waals surface area (Å²) in [4.78, 5) is 2.58. The zero-order chi connectivity index (χ0) is 11.1. The van der Waals surface area contributed by atoms with Gasteiger partial charge < -0.3 is 10.2 Å². The van der Waals surface area contributed by atoms with E-state index in [9.17, 15) is 0 Å². The Morgan fingerprint density at radius 1 is 1.25 bits per heavy atom. The number of hydrogen-bond acceptors (Lipinski definition) is 3. The molecule has 1 N–H and O–H groups in total. The third-order valence-electron chi connectivity index (χ3n) is 3.20. The zero-order valence-electron chi connectivity index (χ0n) is 9.95. The van der Waals surface area contributed by atoms with E-state index in [0.717, 1.165) is 6.54 Å². The van der Waals surface area contributed by atoms with Gasteiger partial charge in [0.05, 0.1) is 0 Å². The normalized spacial score (nSPS) is 17.0. The average molecular weight is 238 g/mol. The average Bonchev–Trinajstić information content (AvgIpc) is 2.96. The molecule has 0 bridgehead atoms. The number of rotatable bonds is 7. The second kappa shape index (κ2) is 7.05. The standard InChI is InChI=1S/C13H22N2S/c1-2-9-15(8-1)10-3-6-14-7-4-13-5-11-16-12-13/h5,11-12,14H,1-4,6-10H2. The Hall–Kier alpha value is -0.380. The number of likely N-dealkylation sites (tertiary alicyclic amines) is 1. The van der Waals surface area contributed by atoms with Gasteiger partial charge in [0.25, 0.3) is 0 Å². The topological polar surface area (TPSA) is 15.3 Å². The van der Waals surface area contributed by atoms with Gasteiger partial charge in [0.15, 0.2) is 0 Å². The minimum Gasteiger partial charge on any atom is -0.316 e. The number of nitrogens with one attached hydrogen (secondary N) is 1. The first-order valence-electron chi connectivity index (χ1n) is 6.39. The first-order valence-corrected chi connectivity index (χ1v) is 7.33. The van der Waals surface area contributed by atoms with Crippen LogP contribution in [0.15, 0.2) is 16.8 Å². The Balaban J connectivity index is 1.43. The molecule has 0 saturated carbocycles. The lowest BCUT2D eigenvalue weighted by atomic mass is 10.2. The van der Waals surface area contributed by atoms with Gasteiger partial charge in [0, 0.05) is 0 Å². The fourth-order valence-corrected chi connectivity index (χ4v) is 2.93. The van der Waals surface area contributed by atoms with Crippen molar-refractivity contribution >= 4 is 11.3 Å². The lowest BCUT2D eigenvalue weighted by Crippen LogP contribution is -2.25. The SMILES string of the molecule is c1cc(CCNCCCN2CCCC2)cs1. The maximum absolute atomic E-state index is 3.53. The second-order valence-corrected chi connectivity index (χ2v) is 5.31. The van der Waals surface area contributed by atoms with Crippen molar-refractivity contribution in [2.75, 3.05) is 32.7 Å². The molecule has 0 amide bonds.